The van der Waals surface area contributed by atoms with Gasteiger partial charge >= 0.3 is 30.2 Å². The molecule has 40 heavy (non-hydrogen) atoms. The normalized spacial score (nSPS) is 25.9. The Bertz CT molecular complexity index is 1220. The van der Waals surface area contributed by atoms with E-state index in [2.05, 4.69) is 109 Å². The third-order valence-electron chi connectivity index (χ3n) is 9.70. The zero-order valence-corrected chi connectivity index (χ0v) is 29.9. The van der Waals surface area contributed by atoms with E-state index in [9.17, 15) is 0 Å². The molecule has 0 aliphatic heterocycles. The molecule has 0 bridgehead atoms. The Morgan fingerprint density at radius 1 is 0.625 bits per heavy atom. The van der Waals surface area contributed by atoms with E-state index in [1.165, 1.54) is 94.5 Å². The number of hydrogen-bond donors (Lipinski definition) is 0. The summed E-state index contributed by atoms with van der Waals surface area (Å²) in [6, 6.07) is 23.0. The zero-order valence-electron chi connectivity index (χ0n) is 26.5. The third-order valence-corrected chi connectivity index (χ3v) is 9.70. The second kappa shape index (κ2) is 15.8. The van der Waals surface area contributed by atoms with Crippen molar-refractivity contribution in [2.45, 2.75) is 91.9 Å². The van der Waals surface area contributed by atoms with Crippen LogP contribution in [0.1, 0.15) is 100 Å². The summed E-state index contributed by atoms with van der Waals surface area (Å²) in [7, 11) is 0. The molecule has 6 atom stereocenters. The van der Waals surface area contributed by atoms with Crippen molar-refractivity contribution in [2.75, 3.05) is 0 Å². The van der Waals surface area contributed by atoms with Gasteiger partial charge in [0.25, 0.3) is 0 Å². The first-order chi connectivity index (χ1) is 18.3. The third kappa shape index (κ3) is 7.98. The molecule has 2 radical (unpaired) electrons. The molecule has 2 saturated carbocycles. The minimum atomic E-state index is 0. The quantitative estimate of drug-likeness (QED) is 0.153. The molecule has 0 amide bonds. The molecular weight excluding hydrogens is 576 g/mol. The van der Waals surface area contributed by atoms with Crippen LogP contribution in [0.25, 0.3) is 21.5 Å². The first kappa shape index (κ1) is 35.0. The second-order valence-electron chi connectivity index (χ2n) is 12.7. The van der Waals surface area contributed by atoms with Crippen molar-refractivity contribution in [3.63, 3.8) is 0 Å². The Labute approximate surface area is 263 Å². The summed E-state index contributed by atoms with van der Waals surface area (Å²) in [5.74, 6) is 5.09. The van der Waals surface area contributed by atoms with Gasteiger partial charge in [-0.1, -0.05) is 66.5 Å². The van der Waals surface area contributed by atoms with Gasteiger partial charge in [-0.3, -0.25) is 0 Å². The Hall–Kier alpha value is -1.24. The fourth-order valence-corrected chi connectivity index (χ4v) is 7.58. The van der Waals surface area contributed by atoms with Gasteiger partial charge < -0.3 is 14.9 Å². The van der Waals surface area contributed by atoms with Crippen LogP contribution in [0.15, 0.2) is 60.7 Å². The molecule has 2 aliphatic carbocycles. The average Bonchev–Trinajstić information content (AvgIpc) is 3.52. The van der Waals surface area contributed by atoms with E-state index in [1.54, 1.807) is 11.1 Å². The van der Waals surface area contributed by atoms with Crippen molar-refractivity contribution in [3.8, 4) is 0 Å². The van der Waals surface area contributed by atoms with Gasteiger partial charge in [0.15, 0.2) is 0 Å². The van der Waals surface area contributed by atoms with Crippen molar-refractivity contribution in [2.24, 2.45) is 23.7 Å². The topological polar surface area (TPSA) is 0 Å². The van der Waals surface area contributed by atoms with E-state index in [0.29, 0.717) is 0 Å². The van der Waals surface area contributed by atoms with Crippen LogP contribution < -0.4 is 0 Å². The summed E-state index contributed by atoms with van der Waals surface area (Å²) in [5.41, 5.74) is 5.99. The second-order valence-corrected chi connectivity index (χ2v) is 12.7. The van der Waals surface area contributed by atoms with Gasteiger partial charge in [-0.2, -0.15) is 12.1 Å². The number of aryl methyl sites for hydroxylation is 2. The Kier molecular flexibility index (Phi) is 13.8. The molecule has 216 valence electrons. The van der Waals surface area contributed by atoms with Crippen LogP contribution in [0.3, 0.4) is 0 Å². The number of hydrogen-bond acceptors (Lipinski definition) is 0. The molecule has 0 heterocycles. The van der Waals surface area contributed by atoms with Crippen LogP contribution in [0.5, 0.6) is 0 Å². The molecule has 2 aliphatic rings. The number of benzene rings is 2. The number of rotatable bonds is 2. The van der Waals surface area contributed by atoms with Crippen LogP contribution in [0, 0.1) is 52.4 Å². The van der Waals surface area contributed by atoms with Gasteiger partial charge in [0.2, 0.25) is 0 Å². The molecule has 6 rings (SSSR count). The molecule has 0 aromatic heterocycles. The van der Waals surface area contributed by atoms with Crippen molar-refractivity contribution in [1.29, 1.82) is 0 Å². The molecule has 6 unspecified atom stereocenters. The molecule has 4 aromatic rings. The molecule has 0 N–H and O–H groups in total. The first-order valence-electron chi connectivity index (χ1n) is 14.9. The van der Waals surface area contributed by atoms with E-state index in [-0.39, 0.29) is 14.9 Å². The van der Waals surface area contributed by atoms with Crippen LogP contribution in [0.4, 0.5) is 0 Å². The van der Waals surface area contributed by atoms with Crippen LogP contribution in [-0.2, 0) is 23.3 Å². The van der Waals surface area contributed by atoms with E-state index >= 15 is 0 Å². The van der Waals surface area contributed by atoms with Gasteiger partial charge in [-0.15, -0.1) is 80.2 Å². The summed E-state index contributed by atoms with van der Waals surface area (Å²) >= 11 is 1.36. The van der Waals surface area contributed by atoms with Gasteiger partial charge in [-0.25, -0.2) is 0 Å². The van der Waals surface area contributed by atoms with Gasteiger partial charge in [0.05, 0.1) is 0 Å². The van der Waals surface area contributed by atoms with Crippen molar-refractivity contribution < 1.29 is 23.3 Å². The Balaban J connectivity index is 0.000000252. The van der Waals surface area contributed by atoms with Gasteiger partial charge in [-0.05, 0) is 61.2 Å². The van der Waals surface area contributed by atoms with E-state index < -0.39 is 0 Å². The van der Waals surface area contributed by atoms with Crippen molar-refractivity contribution in [3.05, 3.63) is 97.8 Å². The van der Waals surface area contributed by atoms with E-state index in [1.807, 2.05) is 0 Å². The first-order valence-corrected chi connectivity index (χ1v) is 19.1. The van der Waals surface area contributed by atoms with Gasteiger partial charge in [0, 0.05) is 0 Å². The Morgan fingerprint density at radius 3 is 1.32 bits per heavy atom. The minimum absolute atomic E-state index is 0. The summed E-state index contributed by atoms with van der Waals surface area (Å²) in [6.45, 7) is 17.2. The fourth-order valence-electron chi connectivity index (χ4n) is 7.58. The standard InChI is InChI=1S/2C18H23.2CH3.Si.Zr/c2*1-12-7-8-17(14(3)9-12)16-10-15-6-4-5-13(2)18(15)11-16;;;;/h2*4-6,10-12,14,17H,7-9H2,1-3H3;2*1H3;;/q4*-1;;. The summed E-state index contributed by atoms with van der Waals surface area (Å²) in [4.78, 5) is 0. The van der Waals surface area contributed by atoms with E-state index in [0.717, 1.165) is 35.5 Å². The van der Waals surface area contributed by atoms with Gasteiger partial charge in [0.1, 0.15) is 0 Å². The number of fused-ring (bicyclic) bond motifs is 2. The van der Waals surface area contributed by atoms with Crippen LogP contribution in [0.2, 0.25) is 0 Å². The average molecular weight is 628 g/mol. The fraction of sp³-hybridized carbons (Fsp3) is 0.474. The maximum absolute atomic E-state index is 3.06. The predicted octanol–water partition coefficient (Wildman–Crippen LogP) is 11.3. The zero-order chi connectivity index (χ0) is 27.4. The maximum atomic E-state index is 3.06. The molecule has 4 aromatic carbocycles. The van der Waals surface area contributed by atoms with Crippen molar-refractivity contribution in [1.82, 2.24) is 0 Å². The molecular formula is C38H52SiZr-4. The summed E-state index contributed by atoms with van der Waals surface area (Å²) in [6.07, 6.45) is 8.33. The molecule has 0 saturated heterocycles. The Morgan fingerprint density at radius 2 is 1.00 bits per heavy atom. The van der Waals surface area contributed by atoms with E-state index in [4.69, 9.17) is 0 Å². The molecule has 0 spiro atoms. The summed E-state index contributed by atoms with van der Waals surface area (Å²) < 4.78 is 0. The molecule has 0 nitrogen and oxygen atoms in total. The molecule has 2 heteroatoms. The van der Waals surface area contributed by atoms with Crippen LogP contribution >= 0.6 is 0 Å². The SMILES string of the molecule is Cc1cccc2cc(C3CCC(C)CC3C)[cH-]c12.Cc1cccc2cc(C3CCC(C)CC3C)[cH-]c12.[CH3-].[CH3-].[Si]=[Zr]. The van der Waals surface area contributed by atoms with Crippen molar-refractivity contribution >= 4 is 28.4 Å². The summed E-state index contributed by atoms with van der Waals surface area (Å²) in [5, 5.41) is 5.77. The monoisotopic (exact) mass is 626 g/mol. The molecule has 2 fully saturated rings. The predicted molar refractivity (Wildman–Crippen MR) is 177 cm³/mol. The van der Waals surface area contributed by atoms with Crippen LogP contribution in [-0.4, -0.2) is 6.88 Å².